The van der Waals surface area contributed by atoms with Crippen LogP contribution in [0.2, 0.25) is 0 Å². The molecule has 0 saturated carbocycles. The molecule has 0 amide bonds. The first-order chi connectivity index (χ1) is 6.83. The highest BCUT2D eigenvalue weighted by atomic mass is 14.5. The summed E-state index contributed by atoms with van der Waals surface area (Å²) >= 11 is 0. The third kappa shape index (κ3) is 4.00. The molecule has 0 fully saturated rings. The van der Waals surface area contributed by atoms with Crippen LogP contribution in [0.3, 0.4) is 0 Å². The first kappa shape index (κ1) is 10.7. The summed E-state index contributed by atoms with van der Waals surface area (Å²) in [5.41, 5.74) is 7.73. The molecular weight excluding hydrogens is 170 g/mol. The Bertz CT molecular complexity index is 313. The van der Waals surface area contributed by atoms with Crippen molar-refractivity contribution in [3.8, 4) is 11.8 Å². The monoisotopic (exact) mass is 187 g/mol. The molecule has 1 aromatic carbocycles. The summed E-state index contributed by atoms with van der Waals surface area (Å²) < 4.78 is 0. The van der Waals surface area contributed by atoms with Crippen LogP contribution < -0.4 is 5.73 Å². The van der Waals surface area contributed by atoms with Crippen LogP contribution in [0.1, 0.15) is 31.7 Å². The van der Waals surface area contributed by atoms with Crippen molar-refractivity contribution in [2.45, 2.75) is 32.6 Å². The Kier molecular flexibility index (Phi) is 4.64. The average Bonchev–Trinajstić information content (AvgIpc) is 2.21. The number of aryl methyl sites for hydroxylation is 1. The van der Waals surface area contributed by atoms with Gasteiger partial charge in [-0.3, -0.25) is 0 Å². The van der Waals surface area contributed by atoms with Gasteiger partial charge in [-0.2, -0.15) is 0 Å². The van der Waals surface area contributed by atoms with E-state index >= 15 is 0 Å². The Balaban J connectivity index is 2.32. The van der Waals surface area contributed by atoms with Crippen LogP contribution in [0.5, 0.6) is 0 Å². The molecule has 0 radical (unpaired) electrons. The summed E-state index contributed by atoms with van der Waals surface area (Å²) in [7, 11) is 0. The van der Waals surface area contributed by atoms with Gasteiger partial charge in [0.1, 0.15) is 0 Å². The number of hydrogen-bond donors (Lipinski definition) is 1. The van der Waals surface area contributed by atoms with Crippen LogP contribution in [0.4, 0.5) is 5.69 Å². The molecule has 1 heteroatoms. The fourth-order valence-corrected chi connectivity index (χ4v) is 1.19. The van der Waals surface area contributed by atoms with Gasteiger partial charge in [-0.25, -0.2) is 0 Å². The number of nitrogen functional groups attached to an aromatic ring is 1. The van der Waals surface area contributed by atoms with Gasteiger partial charge in [-0.1, -0.05) is 19.1 Å². The lowest BCUT2D eigenvalue weighted by Crippen LogP contribution is -1.86. The summed E-state index contributed by atoms with van der Waals surface area (Å²) in [6, 6.07) is 8.01. The molecule has 1 aromatic rings. The van der Waals surface area contributed by atoms with E-state index in [2.05, 4.69) is 30.9 Å². The molecule has 0 aromatic heterocycles. The smallest absolute Gasteiger partial charge is 0.0314 e. The molecule has 2 N–H and O–H groups in total. The minimum atomic E-state index is 0.825. The van der Waals surface area contributed by atoms with Crippen LogP contribution in [0, 0.1) is 11.8 Å². The maximum absolute atomic E-state index is 5.59. The van der Waals surface area contributed by atoms with Gasteiger partial charge in [-0.05, 0) is 30.5 Å². The zero-order chi connectivity index (χ0) is 10.2. The molecular formula is C13H17N. The minimum Gasteiger partial charge on any atom is -0.399 e. The molecule has 0 spiro atoms. The Morgan fingerprint density at radius 1 is 1.07 bits per heavy atom. The number of benzene rings is 1. The van der Waals surface area contributed by atoms with Crippen molar-refractivity contribution in [1.29, 1.82) is 0 Å². The molecule has 0 aliphatic heterocycles. The molecule has 0 aliphatic rings. The maximum atomic E-state index is 5.59. The van der Waals surface area contributed by atoms with Crippen LogP contribution in [0.25, 0.3) is 0 Å². The normalized spacial score (nSPS) is 9.21. The fraction of sp³-hybridized carbons (Fsp3) is 0.385. The molecule has 0 aliphatic carbocycles. The first-order valence-corrected chi connectivity index (χ1v) is 5.13. The van der Waals surface area contributed by atoms with E-state index in [-0.39, 0.29) is 0 Å². The molecule has 14 heavy (non-hydrogen) atoms. The predicted molar refractivity (Wildman–Crippen MR) is 61.9 cm³/mol. The third-order valence-corrected chi connectivity index (χ3v) is 2.02. The van der Waals surface area contributed by atoms with Crippen LogP contribution in [0.15, 0.2) is 24.3 Å². The van der Waals surface area contributed by atoms with Gasteiger partial charge in [0.05, 0.1) is 0 Å². The van der Waals surface area contributed by atoms with E-state index in [4.69, 9.17) is 5.73 Å². The predicted octanol–water partition coefficient (Wildman–Crippen LogP) is 3.00. The Hall–Kier alpha value is -1.42. The average molecular weight is 187 g/mol. The Morgan fingerprint density at radius 2 is 1.71 bits per heavy atom. The molecule has 0 unspecified atom stereocenters. The summed E-state index contributed by atoms with van der Waals surface area (Å²) in [5, 5.41) is 0. The molecule has 1 nitrogen and oxygen atoms in total. The highest BCUT2D eigenvalue weighted by molar-refractivity contribution is 5.39. The van der Waals surface area contributed by atoms with E-state index in [1.807, 2.05) is 12.1 Å². The quantitative estimate of drug-likeness (QED) is 0.571. The van der Waals surface area contributed by atoms with E-state index in [0.29, 0.717) is 0 Å². The van der Waals surface area contributed by atoms with E-state index in [9.17, 15) is 0 Å². The SMILES string of the molecule is CCCC#CCCc1ccc(N)cc1. The van der Waals surface area contributed by atoms with Crippen LogP contribution in [-0.4, -0.2) is 0 Å². The highest BCUT2D eigenvalue weighted by Gasteiger charge is 1.90. The van der Waals surface area contributed by atoms with Crippen molar-refractivity contribution in [3.63, 3.8) is 0 Å². The minimum absolute atomic E-state index is 0.825. The number of nitrogens with two attached hydrogens (primary N) is 1. The topological polar surface area (TPSA) is 26.0 Å². The molecule has 0 heterocycles. The second-order valence-corrected chi connectivity index (χ2v) is 3.35. The van der Waals surface area contributed by atoms with Crippen LogP contribution in [-0.2, 0) is 6.42 Å². The van der Waals surface area contributed by atoms with E-state index < -0.39 is 0 Å². The molecule has 1 rings (SSSR count). The lowest BCUT2D eigenvalue weighted by atomic mass is 10.1. The van der Waals surface area contributed by atoms with Crippen LogP contribution >= 0.6 is 0 Å². The van der Waals surface area contributed by atoms with Gasteiger partial charge < -0.3 is 5.73 Å². The van der Waals surface area contributed by atoms with E-state index in [0.717, 1.165) is 31.4 Å². The van der Waals surface area contributed by atoms with Crippen molar-refractivity contribution in [3.05, 3.63) is 29.8 Å². The second-order valence-electron chi connectivity index (χ2n) is 3.35. The van der Waals surface area contributed by atoms with Crippen molar-refractivity contribution < 1.29 is 0 Å². The molecule has 0 atom stereocenters. The summed E-state index contributed by atoms with van der Waals surface area (Å²) in [6.45, 7) is 2.15. The fourth-order valence-electron chi connectivity index (χ4n) is 1.19. The third-order valence-electron chi connectivity index (χ3n) is 2.02. The lowest BCUT2D eigenvalue weighted by Gasteiger charge is -1.97. The molecule has 74 valence electrons. The maximum Gasteiger partial charge on any atom is 0.0314 e. The zero-order valence-corrected chi connectivity index (χ0v) is 8.72. The number of hydrogen-bond acceptors (Lipinski definition) is 1. The first-order valence-electron chi connectivity index (χ1n) is 5.13. The lowest BCUT2D eigenvalue weighted by molar-refractivity contribution is 0.974. The van der Waals surface area contributed by atoms with Gasteiger partial charge in [0, 0.05) is 18.5 Å². The Labute approximate surface area is 86.3 Å². The van der Waals surface area contributed by atoms with Gasteiger partial charge >= 0.3 is 0 Å². The van der Waals surface area contributed by atoms with Crippen molar-refractivity contribution in [2.75, 3.05) is 5.73 Å². The highest BCUT2D eigenvalue weighted by Crippen LogP contribution is 2.07. The number of rotatable bonds is 3. The summed E-state index contributed by atoms with van der Waals surface area (Å²) in [5.74, 6) is 6.31. The van der Waals surface area contributed by atoms with Crippen molar-refractivity contribution >= 4 is 5.69 Å². The number of anilines is 1. The van der Waals surface area contributed by atoms with Crippen molar-refractivity contribution in [2.24, 2.45) is 0 Å². The van der Waals surface area contributed by atoms with Gasteiger partial charge in [0.15, 0.2) is 0 Å². The molecule has 0 saturated heterocycles. The second kappa shape index (κ2) is 6.10. The molecule has 0 bridgehead atoms. The van der Waals surface area contributed by atoms with E-state index in [1.165, 1.54) is 5.56 Å². The van der Waals surface area contributed by atoms with Gasteiger partial charge in [0.25, 0.3) is 0 Å². The zero-order valence-electron chi connectivity index (χ0n) is 8.72. The summed E-state index contributed by atoms with van der Waals surface area (Å²) in [6.07, 6.45) is 4.14. The van der Waals surface area contributed by atoms with Crippen molar-refractivity contribution in [1.82, 2.24) is 0 Å². The standard InChI is InChI=1S/C13H17N/c1-2-3-4-5-6-7-12-8-10-13(14)11-9-12/h8-11H,2-3,6-7,14H2,1H3. The van der Waals surface area contributed by atoms with Gasteiger partial charge in [-0.15, -0.1) is 11.8 Å². The van der Waals surface area contributed by atoms with Gasteiger partial charge in [0.2, 0.25) is 0 Å². The number of unbranched alkanes of at least 4 members (excludes halogenated alkanes) is 1. The Morgan fingerprint density at radius 3 is 2.36 bits per heavy atom. The summed E-state index contributed by atoms with van der Waals surface area (Å²) in [4.78, 5) is 0. The van der Waals surface area contributed by atoms with E-state index in [1.54, 1.807) is 0 Å². The largest absolute Gasteiger partial charge is 0.399 e.